The number of piperazine rings is 1. The summed E-state index contributed by atoms with van der Waals surface area (Å²) in [6, 6.07) is 14.0. The average Bonchev–Trinajstić information content (AvgIpc) is 3.32. The highest BCUT2D eigenvalue weighted by Crippen LogP contribution is 2.21. The minimum absolute atomic E-state index is 0.0935. The number of nitrogens with zero attached hydrogens (tertiary/aromatic N) is 2. The fraction of sp³-hybridized carbons (Fsp3) is 0.414. The lowest BCUT2D eigenvalue weighted by Crippen LogP contribution is -2.60. The van der Waals surface area contributed by atoms with Crippen molar-refractivity contribution in [1.29, 1.82) is 0 Å². The van der Waals surface area contributed by atoms with Crippen molar-refractivity contribution in [3.8, 4) is 0 Å². The van der Waals surface area contributed by atoms with Gasteiger partial charge in [-0.05, 0) is 44.0 Å². The molecule has 202 valence electrons. The largest absolute Gasteiger partial charge is 0.361 e. The van der Waals surface area contributed by atoms with E-state index in [1.165, 1.54) is 0 Å². The maximum absolute atomic E-state index is 13.8. The highest BCUT2D eigenvalue weighted by Gasteiger charge is 2.33. The second-order valence-corrected chi connectivity index (χ2v) is 9.99. The SMILES string of the molecule is CCCCNC(=O)N1CCN(C(=O)C(Cc2c[nH]c3ccccc23)NC(=O)Nc2ccc(C)cc2)CC1C. The van der Waals surface area contributed by atoms with Crippen LogP contribution in [0.15, 0.2) is 54.7 Å². The zero-order chi connectivity index (χ0) is 27.1. The van der Waals surface area contributed by atoms with Gasteiger partial charge in [-0.2, -0.15) is 0 Å². The molecular weight excluding hydrogens is 480 g/mol. The number of fused-ring (bicyclic) bond motifs is 1. The number of benzene rings is 2. The Morgan fingerprint density at radius 3 is 2.58 bits per heavy atom. The van der Waals surface area contributed by atoms with Crippen LogP contribution in [0.5, 0.6) is 0 Å². The Hall–Kier alpha value is -4.01. The molecule has 2 atom stereocenters. The van der Waals surface area contributed by atoms with Gasteiger partial charge in [-0.15, -0.1) is 0 Å². The third-order valence-corrected chi connectivity index (χ3v) is 7.02. The number of urea groups is 2. The summed E-state index contributed by atoms with van der Waals surface area (Å²) >= 11 is 0. The number of nitrogens with one attached hydrogen (secondary N) is 4. The lowest BCUT2D eigenvalue weighted by molar-refractivity contribution is -0.135. The Morgan fingerprint density at radius 1 is 1.08 bits per heavy atom. The van der Waals surface area contributed by atoms with E-state index in [2.05, 4.69) is 27.9 Å². The minimum Gasteiger partial charge on any atom is -0.361 e. The summed E-state index contributed by atoms with van der Waals surface area (Å²) in [5.41, 5.74) is 3.68. The number of hydrogen-bond donors (Lipinski definition) is 4. The summed E-state index contributed by atoms with van der Waals surface area (Å²) in [5, 5.41) is 9.74. The number of anilines is 1. The first kappa shape index (κ1) is 27.0. The number of unbranched alkanes of at least 4 members (excludes halogenated alkanes) is 1. The topological polar surface area (TPSA) is 110 Å². The van der Waals surface area contributed by atoms with Crippen LogP contribution in [-0.2, 0) is 11.2 Å². The third kappa shape index (κ3) is 6.65. The molecule has 0 aliphatic carbocycles. The molecule has 0 bridgehead atoms. The molecule has 1 aliphatic heterocycles. The van der Waals surface area contributed by atoms with Gasteiger partial charge in [0.2, 0.25) is 5.91 Å². The maximum atomic E-state index is 13.8. The summed E-state index contributed by atoms with van der Waals surface area (Å²) in [4.78, 5) is 46.1. The van der Waals surface area contributed by atoms with Crippen molar-refractivity contribution < 1.29 is 14.4 Å². The number of para-hydroxylation sites is 1. The number of amides is 5. The molecule has 1 aliphatic rings. The van der Waals surface area contributed by atoms with Gasteiger partial charge in [0.05, 0.1) is 0 Å². The fourth-order valence-electron chi connectivity index (χ4n) is 4.84. The molecule has 1 fully saturated rings. The first-order chi connectivity index (χ1) is 18.4. The molecule has 1 aromatic heterocycles. The molecule has 2 unspecified atom stereocenters. The van der Waals surface area contributed by atoms with Gasteiger partial charge in [-0.1, -0.05) is 49.2 Å². The number of hydrogen-bond acceptors (Lipinski definition) is 3. The smallest absolute Gasteiger partial charge is 0.319 e. The number of aromatic amines is 1. The van der Waals surface area contributed by atoms with E-state index >= 15 is 0 Å². The summed E-state index contributed by atoms with van der Waals surface area (Å²) in [5.74, 6) is -0.160. The first-order valence-corrected chi connectivity index (χ1v) is 13.4. The van der Waals surface area contributed by atoms with Crippen LogP contribution in [0, 0.1) is 6.92 Å². The number of carbonyl (C=O) groups excluding carboxylic acids is 3. The molecule has 0 saturated carbocycles. The van der Waals surface area contributed by atoms with Crippen LogP contribution in [-0.4, -0.2) is 71.0 Å². The van der Waals surface area contributed by atoms with Crippen LogP contribution >= 0.6 is 0 Å². The first-order valence-electron chi connectivity index (χ1n) is 13.4. The molecule has 3 aromatic rings. The van der Waals surface area contributed by atoms with Gasteiger partial charge in [0.15, 0.2) is 0 Å². The van der Waals surface area contributed by atoms with E-state index in [4.69, 9.17) is 0 Å². The lowest BCUT2D eigenvalue weighted by Gasteiger charge is -2.41. The van der Waals surface area contributed by atoms with E-state index in [0.717, 1.165) is 34.9 Å². The molecule has 4 N–H and O–H groups in total. The third-order valence-electron chi connectivity index (χ3n) is 7.02. The van der Waals surface area contributed by atoms with Gasteiger partial charge in [-0.25, -0.2) is 9.59 Å². The van der Waals surface area contributed by atoms with Crippen LogP contribution in [0.2, 0.25) is 0 Å². The number of aromatic nitrogens is 1. The van der Waals surface area contributed by atoms with Gasteiger partial charge < -0.3 is 30.7 Å². The Morgan fingerprint density at radius 2 is 1.84 bits per heavy atom. The standard InChI is InChI=1S/C29H38N6O3/c1-4-5-14-30-29(38)35-16-15-34(19-21(35)3)27(36)26(17-22-18-31-25-9-7-6-8-24(22)25)33-28(37)32-23-12-10-20(2)11-13-23/h6-13,18,21,26,31H,4-5,14-17,19H2,1-3H3,(H,30,38)(H2,32,33,37). The molecule has 0 radical (unpaired) electrons. The molecule has 1 saturated heterocycles. The van der Waals surface area contributed by atoms with Gasteiger partial charge in [0.25, 0.3) is 0 Å². The van der Waals surface area contributed by atoms with Crippen molar-refractivity contribution in [3.05, 3.63) is 65.9 Å². The van der Waals surface area contributed by atoms with Crippen LogP contribution in [0.25, 0.3) is 10.9 Å². The van der Waals surface area contributed by atoms with E-state index in [1.807, 2.05) is 68.6 Å². The molecule has 9 nitrogen and oxygen atoms in total. The predicted octanol–water partition coefficient (Wildman–Crippen LogP) is 4.25. The Labute approximate surface area is 224 Å². The van der Waals surface area contributed by atoms with Crippen molar-refractivity contribution in [1.82, 2.24) is 25.4 Å². The molecule has 9 heteroatoms. The van der Waals surface area contributed by atoms with Crippen molar-refractivity contribution in [2.75, 3.05) is 31.5 Å². The van der Waals surface area contributed by atoms with Crippen molar-refractivity contribution in [2.24, 2.45) is 0 Å². The molecule has 2 aromatic carbocycles. The van der Waals surface area contributed by atoms with Crippen molar-refractivity contribution >= 4 is 34.6 Å². The van der Waals surface area contributed by atoms with Gasteiger partial charge >= 0.3 is 12.1 Å². The van der Waals surface area contributed by atoms with Gasteiger partial charge in [-0.3, -0.25) is 4.79 Å². The highest BCUT2D eigenvalue weighted by molar-refractivity contribution is 5.94. The Balaban J connectivity index is 1.47. The van der Waals surface area contributed by atoms with E-state index in [-0.39, 0.29) is 18.0 Å². The van der Waals surface area contributed by atoms with Crippen LogP contribution in [0.1, 0.15) is 37.8 Å². The van der Waals surface area contributed by atoms with Gasteiger partial charge in [0.1, 0.15) is 6.04 Å². The number of aryl methyl sites for hydroxylation is 1. The molecular formula is C29H38N6O3. The maximum Gasteiger partial charge on any atom is 0.319 e. The molecule has 5 amide bonds. The van der Waals surface area contributed by atoms with Crippen LogP contribution < -0.4 is 16.0 Å². The number of rotatable bonds is 8. The van der Waals surface area contributed by atoms with E-state index in [9.17, 15) is 14.4 Å². The normalized spacial score (nSPS) is 16.2. The van der Waals surface area contributed by atoms with E-state index in [1.54, 1.807) is 9.80 Å². The second kappa shape index (κ2) is 12.5. The highest BCUT2D eigenvalue weighted by atomic mass is 16.2. The Kier molecular flexibility index (Phi) is 8.89. The van der Waals surface area contributed by atoms with E-state index < -0.39 is 12.1 Å². The fourth-order valence-corrected chi connectivity index (χ4v) is 4.84. The quantitative estimate of drug-likeness (QED) is 0.335. The zero-order valence-corrected chi connectivity index (χ0v) is 22.4. The predicted molar refractivity (Wildman–Crippen MR) is 150 cm³/mol. The van der Waals surface area contributed by atoms with E-state index in [0.29, 0.717) is 38.3 Å². The molecule has 0 spiro atoms. The second-order valence-electron chi connectivity index (χ2n) is 9.99. The lowest BCUT2D eigenvalue weighted by atomic mass is 10.0. The average molecular weight is 519 g/mol. The molecule has 38 heavy (non-hydrogen) atoms. The summed E-state index contributed by atoms with van der Waals surface area (Å²) < 4.78 is 0. The Bertz CT molecular complexity index is 1250. The molecule has 2 heterocycles. The van der Waals surface area contributed by atoms with Gasteiger partial charge in [0, 0.05) is 61.4 Å². The van der Waals surface area contributed by atoms with Crippen molar-refractivity contribution in [2.45, 2.75) is 52.1 Å². The number of H-pyrrole nitrogens is 1. The molecule has 4 rings (SSSR count). The van der Waals surface area contributed by atoms with Crippen molar-refractivity contribution in [3.63, 3.8) is 0 Å². The summed E-state index contributed by atoms with van der Waals surface area (Å²) in [6.07, 6.45) is 4.19. The summed E-state index contributed by atoms with van der Waals surface area (Å²) in [6.45, 7) is 7.93. The van der Waals surface area contributed by atoms with Crippen LogP contribution in [0.4, 0.5) is 15.3 Å². The minimum atomic E-state index is -0.767. The van der Waals surface area contributed by atoms with Crippen LogP contribution in [0.3, 0.4) is 0 Å². The zero-order valence-electron chi connectivity index (χ0n) is 22.4. The monoisotopic (exact) mass is 518 g/mol. The summed E-state index contributed by atoms with van der Waals surface area (Å²) in [7, 11) is 0. The number of carbonyl (C=O) groups is 3.